The van der Waals surface area contributed by atoms with E-state index in [0.717, 1.165) is 36.3 Å². The normalized spacial score (nSPS) is 25.0. The van der Waals surface area contributed by atoms with Crippen molar-refractivity contribution in [1.82, 2.24) is 15.1 Å². The molecule has 3 atom stereocenters. The van der Waals surface area contributed by atoms with Crippen LogP contribution in [0.5, 0.6) is 0 Å². The molecule has 2 heterocycles. The predicted molar refractivity (Wildman–Crippen MR) is 105 cm³/mol. The summed E-state index contributed by atoms with van der Waals surface area (Å²) in [7, 11) is 3.52. The van der Waals surface area contributed by atoms with E-state index in [-0.39, 0.29) is 24.1 Å². The molecule has 3 rings (SSSR count). The Morgan fingerprint density at radius 1 is 1.19 bits per heavy atom. The van der Waals surface area contributed by atoms with Crippen LogP contribution in [0.25, 0.3) is 0 Å². The lowest BCUT2D eigenvalue weighted by Gasteiger charge is -2.35. The molecule has 27 heavy (non-hydrogen) atoms. The number of rotatable bonds is 4. The molecule has 2 fully saturated rings. The summed E-state index contributed by atoms with van der Waals surface area (Å²) < 4.78 is 5.87. The summed E-state index contributed by atoms with van der Waals surface area (Å²) in [6, 6.07) is 6.23. The second-order valence-corrected chi connectivity index (χ2v) is 7.96. The fourth-order valence-electron chi connectivity index (χ4n) is 3.95. The number of benzene rings is 1. The van der Waals surface area contributed by atoms with Crippen molar-refractivity contribution in [3.05, 3.63) is 29.3 Å². The van der Waals surface area contributed by atoms with Crippen molar-refractivity contribution in [2.45, 2.75) is 44.9 Å². The molecule has 2 aliphatic rings. The topological polar surface area (TPSA) is 73.9 Å². The Labute approximate surface area is 161 Å². The molecule has 148 valence electrons. The first-order valence-corrected chi connectivity index (χ1v) is 9.52. The van der Waals surface area contributed by atoms with Crippen LogP contribution in [0.1, 0.15) is 24.0 Å². The predicted octanol–water partition coefficient (Wildman–Crippen LogP) is 1.74. The third-order valence-electron chi connectivity index (χ3n) is 5.21. The van der Waals surface area contributed by atoms with Crippen LogP contribution in [0.15, 0.2) is 18.2 Å². The summed E-state index contributed by atoms with van der Waals surface area (Å²) in [6.07, 6.45) is 1.20. The van der Waals surface area contributed by atoms with Gasteiger partial charge in [0.1, 0.15) is 0 Å². The smallest absolute Gasteiger partial charge is 0.319 e. The average molecular weight is 374 g/mol. The number of anilines is 1. The van der Waals surface area contributed by atoms with Gasteiger partial charge in [0.2, 0.25) is 5.91 Å². The summed E-state index contributed by atoms with van der Waals surface area (Å²) in [4.78, 5) is 28.2. The first-order chi connectivity index (χ1) is 12.8. The fraction of sp³-hybridized carbons (Fsp3) is 0.600. The lowest BCUT2D eigenvalue weighted by Crippen LogP contribution is -2.47. The van der Waals surface area contributed by atoms with Crippen LogP contribution in [0, 0.1) is 13.8 Å². The maximum absolute atomic E-state index is 12.4. The molecule has 2 saturated heterocycles. The lowest BCUT2D eigenvalue weighted by atomic mass is 10.1. The highest BCUT2D eigenvalue weighted by molar-refractivity contribution is 5.89. The summed E-state index contributed by atoms with van der Waals surface area (Å²) >= 11 is 0. The zero-order valence-electron chi connectivity index (χ0n) is 16.6. The molecule has 3 amide bonds. The number of nitrogens with zero attached hydrogens (tertiary/aromatic N) is 2. The average Bonchev–Trinajstić information content (AvgIpc) is 2.94. The molecule has 2 aliphatic heterocycles. The van der Waals surface area contributed by atoms with Crippen LogP contribution >= 0.6 is 0 Å². The van der Waals surface area contributed by atoms with Crippen molar-refractivity contribution >= 4 is 17.6 Å². The van der Waals surface area contributed by atoms with Gasteiger partial charge in [0, 0.05) is 45.0 Å². The van der Waals surface area contributed by atoms with Crippen LogP contribution in [0.3, 0.4) is 0 Å². The van der Waals surface area contributed by atoms with Gasteiger partial charge in [0.25, 0.3) is 0 Å². The van der Waals surface area contributed by atoms with Crippen molar-refractivity contribution in [3.8, 4) is 0 Å². The highest BCUT2D eigenvalue weighted by Gasteiger charge is 2.38. The van der Waals surface area contributed by atoms with Crippen LogP contribution in [-0.4, -0.2) is 73.7 Å². The minimum absolute atomic E-state index is 0.0704. The van der Waals surface area contributed by atoms with E-state index in [9.17, 15) is 9.59 Å². The number of morpholine rings is 1. The van der Waals surface area contributed by atoms with Gasteiger partial charge in [0.15, 0.2) is 0 Å². The highest BCUT2D eigenvalue weighted by atomic mass is 16.5. The second-order valence-electron chi connectivity index (χ2n) is 7.96. The Morgan fingerprint density at radius 2 is 1.89 bits per heavy atom. The fourth-order valence-corrected chi connectivity index (χ4v) is 3.95. The second kappa shape index (κ2) is 8.27. The monoisotopic (exact) mass is 374 g/mol. The number of fused-ring (bicyclic) bond motifs is 1. The van der Waals surface area contributed by atoms with E-state index in [1.807, 2.05) is 26.0 Å². The summed E-state index contributed by atoms with van der Waals surface area (Å²) in [6.45, 7) is 6.18. The lowest BCUT2D eigenvalue weighted by molar-refractivity contribution is -0.134. The van der Waals surface area contributed by atoms with Crippen molar-refractivity contribution in [2.24, 2.45) is 0 Å². The summed E-state index contributed by atoms with van der Waals surface area (Å²) in [5.74, 6) is 0.0835. The van der Waals surface area contributed by atoms with Crippen LogP contribution < -0.4 is 10.6 Å². The maximum Gasteiger partial charge on any atom is 0.319 e. The van der Waals surface area contributed by atoms with Crippen molar-refractivity contribution < 1.29 is 14.3 Å². The first-order valence-electron chi connectivity index (χ1n) is 9.52. The van der Waals surface area contributed by atoms with E-state index < -0.39 is 0 Å². The number of nitrogens with one attached hydrogen (secondary N) is 2. The molecule has 1 aromatic rings. The van der Waals surface area contributed by atoms with Gasteiger partial charge >= 0.3 is 6.03 Å². The van der Waals surface area contributed by atoms with Gasteiger partial charge in [-0.3, -0.25) is 9.69 Å². The van der Waals surface area contributed by atoms with Gasteiger partial charge in [-0.05, 0) is 43.5 Å². The number of carbonyl (C=O) groups is 2. The molecule has 2 N–H and O–H groups in total. The molecule has 0 unspecified atom stereocenters. The van der Waals surface area contributed by atoms with Gasteiger partial charge in [0.05, 0.1) is 19.1 Å². The molecule has 0 saturated carbocycles. The van der Waals surface area contributed by atoms with Crippen molar-refractivity contribution in [2.75, 3.05) is 39.1 Å². The van der Waals surface area contributed by atoms with Crippen molar-refractivity contribution in [1.29, 1.82) is 0 Å². The highest BCUT2D eigenvalue weighted by Crippen LogP contribution is 2.24. The molecular weight excluding hydrogens is 344 g/mol. The van der Waals surface area contributed by atoms with E-state index >= 15 is 0 Å². The SMILES string of the molecule is Cc1cc(C)cc(NC(=O)N[C@@H]2C[C@H]3CO[C@@H](CC(=O)N(C)C)CN3C2)c1. The van der Waals surface area contributed by atoms with Crippen molar-refractivity contribution in [3.63, 3.8) is 0 Å². The van der Waals surface area contributed by atoms with E-state index in [1.54, 1.807) is 19.0 Å². The molecule has 0 aliphatic carbocycles. The Hall–Kier alpha value is -2.12. The summed E-state index contributed by atoms with van der Waals surface area (Å²) in [5.41, 5.74) is 3.06. The number of aryl methyl sites for hydroxylation is 2. The summed E-state index contributed by atoms with van der Waals surface area (Å²) in [5, 5.41) is 6.00. The first kappa shape index (κ1) is 19.6. The molecule has 7 nitrogen and oxygen atoms in total. The number of amides is 3. The van der Waals surface area contributed by atoms with Gasteiger partial charge in [-0.25, -0.2) is 4.79 Å². The largest absolute Gasteiger partial charge is 0.375 e. The number of urea groups is 1. The number of carbonyl (C=O) groups excluding carboxylic acids is 2. The Morgan fingerprint density at radius 3 is 2.56 bits per heavy atom. The van der Waals surface area contributed by atoms with Gasteiger partial charge < -0.3 is 20.3 Å². The standard InChI is InChI=1S/C20H30N4O3/c1-13-5-14(2)7-15(6-13)21-20(26)22-16-8-17-12-27-18(11-24(17)10-16)9-19(25)23(3)4/h5-7,16-18H,8-12H2,1-4H3,(H2,21,22,26)/t16-,17+,18+/m1/s1. The Bertz CT molecular complexity index is 686. The van der Waals surface area contributed by atoms with Gasteiger partial charge in [-0.1, -0.05) is 6.07 Å². The number of ether oxygens (including phenoxy) is 1. The quantitative estimate of drug-likeness (QED) is 0.842. The molecule has 0 aromatic heterocycles. The van der Waals surface area contributed by atoms with E-state index in [1.165, 1.54) is 0 Å². The van der Waals surface area contributed by atoms with E-state index in [4.69, 9.17) is 4.74 Å². The minimum atomic E-state index is -0.176. The zero-order valence-corrected chi connectivity index (χ0v) is 16.6. The molecule has 0 radical (unpaired) electrons. The Kier molecular flexibility index (Phi) is 6.01. The van der Waals surface area contributed by atoms with Crippen LogP contribution in [0.4, 0.5) is 10.5 Å². The van der Waals surface area contributed by atoms with Gasteiger partial charge in [-0.15, -0.1) is 0 Å². The van der Waals surface area contributed by atoms with Crippen LogP contribution in [-0.2, 0) is 9.53 Å². The van der Waals surface area contributed by atoms with E-state index in [2.05, 4.69) is 21.6 Å². The van der Waals surface area contributed by atoms with E-state index in [0.29, 0.717) is 19.1 Å². The minimum Gasteiger partial charge on any atom is -0.375 e. The van der Waals surface area contributed by atoms with Crippen LogP contribution in [0.2, 0.25) is 0 Å². The van der Waals surface area contributed by atoms with Gasteiger partial charge in [-0.2, -0.15) is 0 Å². The molecule has 0 bridgehead atoms. The zero-order chi connectivity index (χ0) is 19.6. The number of hydrogen-bond acceptors (Lipinski definition) is 4. The number of hydrogen-bond donors (Lipinski definition) is 2. The Balaban J connectivity index is 1.49. The molecule has 7 heteroatoms. The molecule has 0 spiro atoms. The maximum atomic E-state index is 12.4. The molecule has 1 aromatic carbocycles. The third kappa shape index (κ3) is 5.20. The third-order valence-corrected chi connectivity index (χ3v) is 5.21. The molecular formula is C20H30N4O3.